The van der Waals surface area contributed by atoms with Crippen LogP contribution in [-0.2, 0) is 18.9 Å². The maximum absolute atomic E-state index is 5.63. The number of hydrogen-bond acceptors (Lipinski definition) is 4. The molecule has 3 unspecified atom stereocenters. The Morgan fingerprint density at radius 3 is 1.93 bits per heavy atom. The summed E-state index contributed by atoms with van der Waals surface area (Å²) in [5.74, 6) is 0. The van der Waals surface area contributed by atoms with Gasteiger partial charge in [0.2, 0.25) is 0 Å². The molecule has 0 N–H and O–H groups in total. The fourth-order valence-corrected chi connectivity index (χ4v) is 2.90. The van der Waals surface area contributed by atoms with Crippen molar-refractivity contribution in [2.75, 3.05) is 22.6 Å². The van der Waals surface area contributed by atoms with E-state index < -0.39 is 6.16 Å². The predicted octanol–water partition coefficient (Wildman–Crippen LogP) is 1.98. The Labute approximate surface area is 113 Å². The van der Waals surface area contributed by atoms with Gasteiger partial charge in [-0.15, -0.1) is 0 Å². The van der Waals surface area contributed by atoms with Crippen molar-refractivity contribution in [3.05, 3.63) is 0 Å². The quantitative estimate of drug-likeness (QED) is 0.667. The van der Waals surface area contributed by atoms with Gasteiger partial charge < -0.3 is 4.74 Å². The van der Waals surface area contributed by atoms with Crippen LogP contribution in [0.15, 0.2) is 0 Å². The Kier molecular flexibility index (Phi) is 4.49. The van der Waals surface area contributed by atoms with E-state index in [0.29, 0.717) is 22.6 Å². The second kappa shape index (κ2) is 5.29. The predicted molar refractivity (Wildman–Crippen MR) is 64.7 cm³/mol. The van der Waals surface area contributed by atoms with E-state index in [1.165, 1.54) is 0 Å². The molecule has 0 bridgehead atoms. The van der Waals surface area contributed by atoms with Crippen molar-refractivity contribution in [2.45, 2.75) is 24.5 Å². The third-order valence-corrected chi connectivity index (χ3v) is 4.24. The molecule has 2 aliphatic heterocycles. The van der Waals surface area contributed by atoms with Gasteiger partial charge in [0.05, 0.1) is 12.7 Å². The monoisotopic (exact) mass is 408 g/mol. The maximum Gasteiger partial charge on any atom is 0.413 e. The van der Waals surface area contributed by atoms with E-state index in [1.807, 2.05) is 0 Å². The lowest BCUT2D eigenvalue weighted by atomic mass is 10.3. The molecule has 7 heteroatoms. The minimum atomic E-state index is -1.28. The average molecular weight is 411 g/mol. The summed E-state index contributed by atoms with van der Waals surface area (Å²) >= 11 is 10.1. The van der Waals surface area contributed by atoms with Crippen molar-refractivity contribution in [3.8, 4) is 0 Å². The van der Waals surface area contributed by atoms with E-state index in [0.717, 1.165) is 0 Å². The summed E-state index contributed by atoms with van der Waals surface area (Å²) in [5.41, 5.74) is 0. The molecule has 0 amide bonds. The number of hydrogen-bond donors (Lipinski definition) is 0. The fourth-order valence-electron chi connectivity index (χ4n) is 1.48. The lowest BCUT2D eigenvalue weighted by Crippen LogP contribution is -2.33. The number of rotatable bonds is 3. The number of alkyl halides is 3. The summed E-state index contributed by atoms with van der Waals surface area (Å²) in [6.07, 6.45) is -1.41. The van der Waals surface area contributed by atoms with Gasteiger partial charge in [0.1, 0.15) is 12.2 Å². The molecule has 2 aliphatic rings. The molecule has 1 spiro atoms. The zero-order chi connectivity index (χ0) is 10.9. The molecule has 0 saturated carbocycles. The number of halogens is 3. The first-order valence-electron chi connectivity index (χ1n) is 4.58. The topological polar surface area (TPSA) is 36.9 Å². The third kappa shape index (κ3) is 2.59. The van der Waals surface area contributed by atoms with E-state index in [2.05, 4.69) is 47.8 Å². The van der Waals surface area contributed by atoms with Crippen LogP contribution in [0.2, 0.25) is 0 Å². The highest BCUT2D eigenvalue weighted by Crippen LogP contribution is 2.37. The van der Waals surface area contributed by atoms with Gasteiger partial charge in [-0.05, 0) is 0 Å². The van der Waals surface area contributed by atoms with Gasteiger partial charge in [-0.3, -0.25) is 14.2 Å². The summed E-state index contributed by atoms with van der Waals surface area (Å²) in [7, 11) is 0. The van der Waals surface area contributed by atoms with Gasteiger partial charge >= 0.3 is 6.16 Å². The highest BCUT2D eigenvalue weighted by Gasteiger charge is 2.54. The minimum Gasteiger partial charge on any atom is -0.300 e. The van der Waals surface area contributed by atoms with E-state index in [4.69, 9.17) is 18.9 Å². The van der Waals surface area contributed by atoms with Crippen molar-refractivity contribution >= 4 is 47.8 Å². The van der Waals surface area contributed by atoms with Crippen LogP contribution in [0.3, 0.4) is 0 Å². The third-order valence-electron chi connectivity index (χ3n) is 2.24. The smallest absolute Gasteiger partial charge is 0.300 e. The van der Waals surface area contributed by atoms with Crippen LogP contribution < -0.4 is 0 Å². The molecular formula is C8H11Br3O4. The molecule has 4 nitrogen and oxygen atoms in total. The normalized spacial score (nSPS) is 45.4. The van der Waals surface area contributed by atoms with Crippen LogP contribution in [0.1, 0.15) is 0 Å². The number of ether oxygens (including phenoxy) is 4. The summed E-state index contributed by atoms with van der Waals surface area (Å²) in [6, 6.07) is 0. The van der Waals surface area contributed by atoms with Crippen LogP contribution >= 0.6 is 47.8 Å². The highest BCUT2D eigenvalue weighted by molar-refractivity contribution is 9.09. The Morgan fingerprint density at radius 2 is 1.53 bits per heavy atom. The van der Waals surface area contributed by atoms with Gasteiger partial charge in [0.15, 0.2) is 0 Å². The fraction of sp³-hybridized carbons (Fsp3) is 1.00. The lowest BCUT2D eigenvalue weighted by Gasteiger charge is -2.19. The molecule has 3 atom stereocenters. The molecule has 2 heterocycles. The minimum absolute atomic E-state index is 0.0185. The molecule has 0 radical (unpaired) electrons. The zero-order valence-corrected chi connectivity index (χ0v) is 12.6. The first kappa shape index (κ1) is 12.7. The second-order valence-corrected chi connectivity index (χ2v) is 5.27. The standard InChI is InChI=1S/C8H11Br3O4/c9-1-5-4-12-8(13-5)14-6(2-10)7(3-11)15-8/h5-7H,1-4H2. The molecule has 0 aromatic rings. The molecule has 0 aliphatic carbocycles. The van der Waals surface area contributed by atoms with E-state index >= 15 is 0 Å². The summed E-state index contributed by atoms with van der Waals surface area (Å²) in [6.45, 7) is 0.481. The molecule has 0 aromatic carbocycles. The molecular weight excluding hydrogens is 400 g/mol. The SMILES string of the molecule is BrCC1COC2(O1)OC(CBr)C(CBr)O2. The van der Waals surface area contributed by atoms with Crippen molar-refractivity contribution in [1.29, 1.82) is 0 Å². The van der Waals surface area contributed by atoms with Crippen molar-refractivity contribution in [2.24, 2.45) is 0 Å². The Balaban J connectivity index is 2.00. The van der Waals surface area contributed by atoms with Gasteiger partial charge in [0, 0.05) is 16.0 Å². The largest absolute Gasteiger partial charge is 0.413 e. The molecule has 0 aromatic heterocycles. The molecule has 88 valence electrons. The Hall–Kier alpha value is 1.28. The van der Waals surface area contributed by atoms with Crippen molar-refractivity contribution in [3.63, 3.8) is 0 Å². The summed E-state index contributed by atoms with van der Waals surface area (Å²) in [5, 5.41) is 2.09. The van der Waals surface area contributed by atoms with E-state index in [1.54, 1.807) is 0 Å². The van der Waals surface area contributed by atoms with Crippen molar-refractivity contribution < 1.29 is 18.9 Å². The maximum atomic E-state index is 5.63. The highest BCUT2D eigenvalue weighted by atomic mass is 79.9. The van der Waals surface area contributed by atoms with E-state index in [9.17, 15) is 0 Å². The van der Waals surface area contributed by atoms with Gasteiger partial charge in [-0.1, -0.05) is 47.8 Å². The molecule has 2 fully saturated rings. The lowest BCUT2D eigenvalue weighted by molar-refractivity contribution is -0.433. The second-order valence-electron chi connectivity index (χ2n) is 3.33. The molecule has 2 saturated heterocycles. The first-order valence-corrected chi connectivity index (χ1v) is 7.94. The molecule has 2 rings (SSSR count). The van der Waals surface area contributed by atoms with E-state index in [-0.39, 0.29) is 18.3 Å². The summed E-state index contributed by atoms with van der Waals surface area (Å²) in [4.78, 5) is 0. The average Bonchev–Trinajstić information content (AvgIpc) is 2.83. The van der Waals surface area contributed by atoms with Gasteiger partial charge in [-0.25, -0.2) is 0 Å². The van der Waals surface area contributed by atoms with Crippen LogP contribution in [0, 0.1) is 0 Å². The first-order chi connectivity index (χ1) is 7.23. The van der Waals surface area contributed by atoms with Crippen LogP contribution in [0.4, 0.5) is 0 Å². The van der Waals surface area contributed by atoms with Gasteiger partial charge in [0.25, 0.3) is 0 Å². The van der Waals surface area contributed by atoms with Crippen molar-refractivity contribution in [1.82, 2.24) is 0 Å². The van der Waals surface area contributed by atoms with Crippen LogP contribution in [-0.4, -0.2) is 47.1 Å². The summed E-state index contributed by atoms with van der Waals surface area (Å²) < 4.78 is 22.3. The zero-order valence-electron chi connectivity index (χ0n) is 7.83. The van der Waals surface area contributed by atoms with Crippen LogP contribution in [0.25, 0.3) is 0 Å². The Morgan fingerprint density at radius 1 is 0.933 bits per heavy atom. The molecule has 15 heavy (non-hydrogen) atoms. The van der Waals surface area contributed by atoms with Gasteiger partial charge in [-0.2, -0.15) is 0 Å². The van der Waals surface area contributed by atoms with Crippen LogP contribution in [0.5, 0.6) is 0 Å². The Bertz CT molecular complexity index is 216.